The second kappa shape index (κ2) is 8.17. The molecule has 0 fully saturated rings. The van der Waals surface area contributed by atoms with Crippen LogP contribution in [0.2, 0.25) is 0 Å². The molecule has 0 aliphatic heterocycles. The predicted octanol–water partition coefficient (Wildman–Crippen LogP) is 5.02. The number of ketones is 1. The van der Waals surface area contributed by atoms with Gasteiger partial charge in [-0.25, -0.2) is 0 Å². The summed E-state index contributed by atoms with van der Waals surface area (Å²) in [6, 6.07) is 24.6. The number of allylic oxidation sites excluding steroid dienone is 1. The van der Waals surface area contributed by atoms with E-state index in [1.54, 1.807) is 20.3 Å². The molecule has 0 aliphatic carbocycles. The highest BCUT2D eigenvalue weighted by atomic mass is 16.5. The van der Waals surface area contributed by atoms with E-state index in [9.17, 15) is 4.79 Å². The minimum atomic E-state index is -0.0608. The number of methoxy groups -OCH3 is 2. The first kappa shape index (κ1) is 17.5. The molecule has 0 N–H and O–H groups in total. The number of hydrogen-bond acceptors (Lipinski definition) is 3. The normalized spacial score (nSPS) is 11.1. The SMILES string of the molecule is COc1ccc(OC)c(/C(=C\C(=O)c2ccccc2)c2ccccc2)c1. The van der Waals surface area contributed by atoms with Crippen LogP contribution in [0.4, 0.5) is 0 Å². The molecule has 3 aromatic rings. The van der Waals surface area contributed by atoms with Crippen LogP contribution in [-0.2, 0) is 0 Å². The maximum absolute atomic E-state index is 12.8. The van der Waals surface area contributed by atoms with Crippen LogP contribution in [-0.4, -0.2) is 20.0 Å². The van der Waals surface area contributed by atoms with E-state index in [4.69, 9.17) is 9.47 Å². The number of rotatable bonds is 6. The van der Waals surface area contributed by atoms with E-state index in [1.807, 2.05) is 78.9 Å². The fourth-order valence-corrected chi connectivity index (χ4v) is 2.78. The summed E-state index contributed by atoms with van der Waals surface area (Å²) < 4.78 is 10.9. The zero-order valence-corrected chi connectivity index (χ0v) is 14.8. The molecule has 0 radical (unpaired) electrons. The van der Waals surface area contributed by atoms with Crippen LogP contribution >= 0.6 is 0 Å². The van der Waals surface area contributed by atoms with E-state index in [-0.39, 0.29) is 5.78 Å². The molecule has 3 nitrogen and oxygen atoms in total. The third kappa shape index (κ3) is 3.83. The highest BCUT2D eigenvalue weighted by Crippen LogP contribution is 2.34. The summed E-state index contributed by atoms with van der Waals surface area (Å²) in [4.78, 5) is 12.8. The van der Waals surface area contributed by atoms with Crippen molar-refractivity contribution in [2.45, 2.75) is 0 Å². The van der Waals surface area contributed by atoms with Crippen LogP contribution in [0, 0.1) is 0 Å². The standard InChI is InChI=1S/C23H20O3/c1-25-19-13-14-23(26-2)21(15-19)20(17-9-5-3-6-10-17)16-22(24)18-11-7-4-8-12-18/h3-16H,1-2H3/b20-16-. The summed E-state index contributed by atoms with van der Waals surface area (Å²) in [6.07, 6.45) is 1.65. The Morgan fingerprint density at radius 1 is 0.769 bits per heavy atom. The Hall–Kier alpha value is -3.33. The monoisotopic (exact) mass is 344 g/mol. The first-order valence-electron chi connectivity index (χ1n) is 8.32. The maximum Gasteiger partial charge on any atom is 0.186 e. The quantitative estimate of drug-likeness (QED) is 0.465. The van der Waals surface area contributed by atoms with Gasteiger partial charge in [-0.2, -0.15) is 0 Å². The fraction of sp³-hybridized carbons (Fsp3) is 0.0870. The van der Waals surface area contributed by atoms with E-state index in [0.29, 0.717) is 17.1 Å². The van der Waals surface area contributed by atoms with Gasteiger partial charge in [-0.3, -0.25) is 4.79 Å². The van der Waals surface area contributed by atoms with Crippen molar-refractivity contribution in [1.82, 2.24) is 0 Å². The van der Waals surface area contributed by atoms with Crippen LogP contribution in [0.25, 0.3) is 5.57 Å². The van der Waals surface area contributed by atoms with E-state index < -0.39 is 0 Å². The van der Waals surface area contributed by atoms with E-state index in [1.165, 1.54) is 0 Å². The van der Waals surface area contributed by atoms with Crippen LogP contribution < -0.4 is 9.47 Å². The summed E-state index contributed by atoms with van der Waals surface area (Å²) in [5, 5.41) is 0. The number of carbonyl (C=O) groups is 1. The molecule has 0 aromatic heterocycles. The molecule has 130 valence electrons. The van der Waals surface area contributed by atoms with Crippen molar-refractivity contribution in [3.63, 3.8) is 0 Å². The summed E-state index contributed by atoms with van der Waals surface area (Å²) >= 11 is 0. The van der Waals surface area contributed by atoms with Gasteiger partial charge in [-0.05, 0) is 35.4 Å². The third-order valence-electron chi connectivity index (χ3n) is 4.12. The molecule has 26 heavy (non-hydrogen) atoms. The van der Waals surface area contributed by atoms with Gasteiger partial charge < -0.3 is 9.47 Å². The van der Waals surface area contributed by atoms with E-state index >= 15 is 0 Å². The molecule has 0 unspecified atom stereocenters. The van der Waals surface area contributed by atoms with Gasteiger partial charge in [-0.15, -0.1) is 0 Å². The molecule has 3 aromatic carbocycles. The van der Waals surface area contributed by atoms with Crippen molar-refractivity contribution in [2.75, 3.05) is 14.2 Å². The molecule has 3 heteroatoms. The van der Waals surface area contributed by atoms with Crippen molar-refractivity contribution in [3.05, 3.63) is 102 Å². The summed E-state index contributed by atoms with van der Waals surface area (Å²) in [5.74, 6) is 1.32. The molecule has 0 heterocycles. The smallest absolute Gasteiger partial charge is 0.186 e. The van der Waals surface area contributed by atoms with Crippen molar-refractivity contribution in [2.24, 2.45) is 0 Å². The first-order chi connectivity index (χ1) is 12.7. The minimum absolute atomic E-state index is 0.0608. The zero-order valence-electron chi connectivity index (χ0n) is 14.8. The number of ether oxygens (including phenoxy) is 2. The molecular formula is C23H20O3. The van der Waals surface area contributed by atoms with Crippen molar-refractivity contribution < 1.29 is 14.3 Å². The minimum Gasteiger partial charge on any atom is -0.497 e. The molecule has 0 amide bonds. The molecular weight excluding hydrogens is 324 g/mol. The van der Waals surface area contributed by atoms with Crippen LogP contribution in [0.5, 0.6) is 11.5 Å². The maximum atomic E-state index is 12.8. The lowest BCUT2D eigenvalue weighted by Crippen LogP contribution is -2.00. The Labute approximate surface area is 153 Å². The Morgan fingerprint density at radius 3 is 1.96 bits per heavy atom. The van der Waals surface area contributed by atoms with Gasteiger partial charge in [0.1, 0.15) is 11.5 Å². The first-order valence-corrected chi connectivity index (χ1v) is 8.32. The molecule has 0 saturated heterocycles. The number of carbonyl (C=O) groups excluding carboxylic acids is 1. The Bertz CT molecular complexity index is 913. The Balaban J connectivity index is 2.17. The summed E-state index contributed by atoms with van der Waals surface area (Å²) in [5.41, 5.74) is 3.17. The molecule has 0 saturated carbocycles. The molecule has 0 spiro atoms. The van der Waals surface area contributed by atoms with Gasteiger partial charge in [-0.1, -0.05) is 60.7 Å². The van der Waals surface area contributed by atoms with Crippen LogP contribution in [0.15, 0.2) is 84.9 Å². The highest BCUT2D eigenvalue weighted by Gasteiger charge is 2.14. The molecule has 0 aliphatic rings. The molecule has 0 bridgehead atoms. The lowest BCUT2D eigenvalue weighted by Gasteiger charge is -2.14. The Kier molecular flexibility index (Phi) is 5.49. The van der Waals surface area contributed by atoms with Gasteiger partial charge in [0, 0.05) is 11.1 Å². The van der Waals surface area contributed by atoms with Gasteiger partial charge >= 0.3 is 0 Å². The van der Waals surface area contributed by atoms with Crippen LogP contribution in [0.1, 0.15) is 21.5 Å². The van der Waals surface area contributed by atoms with Crippen molar-refractivity contribution in [3.8, 4) is 11.5 Å². The average molecular weight is 344 g/mol. The molecule has 0 atom stereocenters. The predicted molar refractivity (Wildman–Crippen MR) is 104 cm³/mol. The fourth-order valence-electron chi connectivity index (χ4n) is 2.78. The van der Waals surface area contributed by atoms with Crippen LogP contribution in [0.3, 0.4) is 0 Å². The van der Waals surface area contributed by atoms with Crippen molar-refractivity contribution in [1.29, 1.82) is 0 Å². The summed E-state index contributed by atoms with van der Waals surface area (Å²) in [7, 11) is 3.24. The van der Waals surface area contributed by atoms with E-state index in [0.717, 1.165) is 16.7 Å². The highest BCUT2D eigenvalue weighted by molar-refractivity contribution is 6.10. The second-order valence-corrected chi connectivity index (χ2v) is 5.72. The van der Waals surface area contributed by atoms with Gasteiger partial charge in [0.2, 0.25) is 0 Å². The molecule has 3 rings (SSSR count). The largest absolute Gasteiger partial charge is 0.497 e. The number of benzene rings is 3. The van der Waals surface area contributed by atoms with Gasteiger partial charge in [0.25, 0.3) is 0 Å². The topological polar surface area (TPSA) is 35.5 Å². The zero-order chi connectivity index (χ0) is 18.4. The second-order valence-electron chi connectivity index (χ2n) is 5.72. The third-order valence-corrected chi connectivity index (χ3v) is 4.12. The average Bonchev–Trinajstić information content (AvgIpc) is 2.72. The number of hydrogen-bond donors (Lipinski definition) is 0. The Morgan fingerprint density at radius 2 is 1.38 bits per heavy atom. The van der Waals surface area contributed by atoms with Gasteiger partial charge in [0.05, 0.1) is 14.2 Å². The lowest BCUT2D eigenvalue weighted by molar-refractivity contribution is 0.104. The summed E-state index contributed by atoms with van der Waals surface area (Å²) in [6.45, 7) is 0. The van der Waals surface area contributed by atoms with E-state index in [2.05, 4.69) is 0 Å². The van der Waals surface area contributed by atoms with Gasteiger partial charge in [0.15, 0.2) is 5.78 Å². The lowest BCUT2D eigenvalue weighted by atomic mass is 9.94. The van der Waals surface area contributed by atoms with Crippen molar-refractivity contribution >= 4 is 11.4 Å².